The highest BCUT2D eigenvalue weighted by Gasteiger charge is 2.09. The van der Waals surface area contributed by atoms with Crippen molar-refractivity contribution in [3.8, 4) is 0 Å². The molecule has 0 aliphatic heterocycles. The molecule has 0 spiro atoms. The van der Waals surface area contributed by atoms with Crippen LogP contribution < -0.4 is 16.0 Å². The second kappa shape index (κ2) is 5.41. The molecule has 0 radical (unpaired) electrons. The van der Waals surface area contributed by atoms with Gasteiger partial charge in [-0.25, -0.2) is 0 Å². The van der Waals surface area contributed by atoms with Crippen LogP contribution in [0.4, 0.5) is 11.4 Å². The fourth-order valence-electron chi connectivity index (χ4n) is 1.73. The number of hydrogen-bond donors (Lipinski definition) is 2. The highest BCUT2D eigenvalue weighted by Crippen LogP contribution is 2.22. The van der Waals surface area contributed by atoms with Gasteiger partial charge in [0.1, 0.15) is 0 Å². The van der Waals surface area contributed by atoms with Gasteiger partial charge >= 0.3 is 0 Å². The lowest BCUT2D eigenvalue weighted by molar-refractivity contribution is 0.491. The van der Waals surface area contributed by atoms with Gasteiger partial charge in [-0.15, -0.1) is 0 Å². The number of nitrogens with two attached hydrogens (primary N) is 1. The number of aryl methyl sites for hydroxylation is 1. The first-order valence-electron chi connectivity index (χ1n) is 6.10. The Kier molecular flexibility index (Phi) is 4.40. The Morgan fingerprint density at radius 1 is 1.29 bits per heavy atom. The topological polar surface area (TPSA) is 41.3 Å². The fraction of sp³-hybridized carbons (Fsp3) is 0.571. The van der Waals surface area contributed by atoms with E-state index < -0.39 is 0 Å². The molecule has 3 heteroatoms. The van der Waals surface area contributed by atoms with Crippen LogP contribution in [0.25, 0.3) is 0 Å². The Balaban J connectivity index is 2.64. The van der Waals surface area contributed by atoms with Crippen molar-refractivity contribution in [3.05, 3.63) is 23.8 Å². The molecule has 0 aromatic heterocycles. The van der Waals surface area contributed by atoms with Crippen LogP contribution in [-0.2, 0) is 0 Å². The molecule has 1 aromatic rings. The molecule has 0 heterocycles. The Hall–Kier alpha value is -1.22. The van der Waals surface area contributed by atoms with Crippen molar-refractivity contribution in [2.45, 2.75) is 32.7 Å². The maximum absolute atomic E-state index is 5.95. The lowest BCUT2D eigenvalue weighted by Crippen LogP contribution is -2.34. The molecule has 17 heavy (non-hydrogen) atoms. The quantitative estimate of drug-likeness (QED) is 0.824. The first-order valence-corrected chi connectivity index (χ1v) is 6.10. The van der Waals surface area contributed by atoms with E-state index in [9.17, 15) is 0 Å². The van der Waals surface area contributed by atoms with Gasteiger partial charge in [0.25, 0.3) is 0 Å². The first kappa shape index (κ1) is 13.8. The molecule has 96 valence electrons. The largest absolute Gasteiger partial charge is 0.385 e. The summed E-state index contributed by atoms with van der Waals surface area (Å²) >= 11 is 0. The van der Waals surface area contributed by atoms with Crippen molar-refractivity contribution in [1.29, 1.82) is 0 Å². The standard InChI is InChI=1S/C14H25N3/c1-11-6-7-12(10-13(11)17(4)5)16-9-8-14(2,3)15/h6-7,10,16H,8-9,15H2,1-5H3. The van der Waals surface area contributed by atoms with Gasteiger partial charge in [0.15, 0.2) is 0 Å². The minimum absolute atomic E-state index is 0.109. The lowest BCUT2D eigenvalue weighted by atomic mass is 10.0. The van der Waals surface area contributed by atoms with E-state index in [1.165, 1.54) is 11.3 Å². The molecule has 0 unspecified atom stereocenters. The molecule has 0 amide bonds. The molecular weight excluding hydrogens is 210 g/mol. The van der Waals surface area contributed by atoms with Crippen LogP contribution in [0, 0.1) is 6.92 Å². The van der Waals surface area contributed by atoms with Crippen molar-refractivity contribution in [3.63, 3.8) is 0 Å². The molecule has 0 bridgehead atoms. The number of benzene rings is 1. The maximum atomic E-state index is 5.95. The van der Waals surface area contributed by atoms with E-state index in [4.69, 9.17) is 5.73 Å². The van der Waals surface area contributed by atoms with Crippen molar-refractivity contribution < 1.29 is 0 Å². The molecule has 1 rings (SSSR count). The van der Waals surface area contributed by atoms with Gasteiger partial charge in [-0.05, 0) is 44.9 Å². The Labute approximate surface area is 105 Å². The average Bonchev–Trinajstić information content (AvgIpc) is 2.18. The van der Waals surface area contributed by atoms with Gasteiger partial charge in [0, 0.05) is 37.6 Å². The summed E-state index contributed by atoms with van der Waals surface area (Å²) in [6.07, 6.45) is 0.957. The smallest absolute Gasteiger partial charge is 0.0411 e. The summed E-state index contributed by atoms with van der Waals surface area (Å²) < 4.78 is 0. The van der Waals surface area contributed by atoms with Crippen molar-refractivity contribution in [2.24, 2.45) is 5.73 Å². The molecule has 0 saturated carbocycles. The molecular formula is C14H25N3. The molecule has 0 aliphatic rings. The third-order valence-electron chi connectivity index (χ3n) is 2.79. The van der Waals surface area contributed by atoms with E-state index >= 15 is 0 Å². The van der Waals surface area contributed by atoms with Crippen LogP contribution in [0.5, 0.6) is 0 Å². The second-order valence-corrected chi connectivity index (χ2v) is 5.56. The Bertz CT molecular complexity index is 364. The lowest BCUT2D eigenvalue weighted by Gasteiger charge is -2.20. The SMILES string of the molecule is Cc1ccc(NCCC(C)(C)N)cc1N(C)C. The van der Waals surface area contributed by atoms with Gasteiger partial charge in [0.05, 0.1) is 0 Å². The summed E-state index contributed by atoms with van der Waals surface area (Å²) in [6, 6.07) is 6.44. The zero-order valence-corrected chi connectivity index (χ0v) is 11.7. The predicted molar refractivity (Wildman–Crippen MR) is 76.9 cm³/mol. The van der Waals surface area contributed by atoms with Crippen LogP contribution in [0.3, 0.4) is 0 Å². The summed E-state index contributed by atoms with van der Waals surface area (Å²) in [5.41, 5.74) is 9.54. The predicted octanol–water partition coefficient (Wildman–Crippen LogP) is 2.60. The van der Waals surface area contributed by atoms with Crippen molar-refractivity contribution >= 4 is 11.4 Å². The van der Waals surface area contributed by atoms with Gasteiger partial charge in [-0.1, -0.05) is 6.07 Å². The first-order chi connectivity index (χ1) is 7.79. The third kappa shape index (κ3) is 4.65. The molecule has 3 nitrogen and oxygen atoms in total. The summed E-state index contributed by atoms with van der Waals surface area (Å²) in [5, 5.41) is 3.42. The van der Waals surface area contributed by atoms with E-state index in [1.807, 2.05) is 0 Å². The number of anilines is 2. The maximum Gasteiger partial charge on any atom is 0.0411 e. The van der Waals surface area contributed by atoms with E-state index in [0.29, 0.717) is 0 Å². The van der Waals surface area contributed by atoms with Crippen molar-refractivity contribution in [2.75, 3.05) is 30.9 Å². The molecule has 0 saturated heterocycles. The number of nitrogens with zero attached hydrogens (tertiary/aromatic N) is 1. The molecule has 1 aromatic carbocycles. The Morgan fingerprint density at radius 3 is 2.47 bits per heavy atom. The van der Waals surface area contributed by atoms with Gasteiger partial charge < -0.3 is 16.0 Å². The molecule has 0 atom stereocenters. The van der Waals surface area contributed by atoms with E-state index in [2.05, 4.69) is 63.3 Å². The summed E-state index contributed by atoms with van der Waals surface area (Å²) in [6.45, 7) is 7.13. The zero-order chi connectivity index (χ0) is 13.1. The van der Waals surface area contributed by atoms with E-state index in [1.54, 1.807) is 0 Å². The second-order valence-electron chi connectivity index (χ2n) is 5.56. The zero-order valence-electron chi connectivity index (χ0n) is 11.7. The minimum Gasteiger partial charge on any atom is -0.385 e. The number of hydrogen-bond acceptors (Lipinski definition) is 3. The fourth-order valence-corrected chi connectivity index (χ4v) is 1.73. The average molecular weight is 235 g/mol. The van der Waals surface area contributed by atoms with Crippen LogP contribution in [0.15, 0.2) is 18.2 Å². The molecule has 0 fully saturated rings. The summed E-state index contributed by atoms with van der Waals surface area (Å²) in [4.78, 5) is 2.13. The monoisotopic (exact) mass is 235 g/mol. The minimum atomic E-state index is -0.109. The molecule has 0 aliphatic carbocycles. The summed E-state index contributed by atoms with van der Waals surface area (Å²) in [5.74, 6) is 0. The summed E-state index contributed by atoms with van der Waals surface area (Å²) in [7, 11) is 4.13. The third-order valence-corrected chi connectivity index (χ3v) is 2.79. The number of rotatable bonds is 5. The van der Waals surface area contributed by atoms with E-state index in [0.717, 1.165) is 18.7 Å². The highest BCUT2D eigenvalue weighted by atomic mass is 15.1. The normalized spacial score (nSPS) is 11.4. The van der Waals surface area contributed by atoms with Crippen LogP contribution in [0.1, 0.15) is 25.8 Å². The molecule has 3 N–H and O–H groups in total. The van der Waals surface area contributed by atoms with Gasteiger partial charge in [-0.3, -0.25) is 0 Å². The van der Waals surface area contributed by atoms with Crippen LogP contribution in [-0.4, -0.2) is 26.2 Å². The van der Waals surface area contributed by atoms with Crippen LogP contribution in [0.2, 0.25) is 0 Å². The van der Waals surface area contributed by atoms with Gasteiger partial charge in [0.2, 0.25) is 0 Å². The van der Waals surface area contributed by atoms with Crippen LogP contribution >= 0.6 is 0 Å². The van der Waals surface area contributed by atoms with Gasteiger partial charge in [-0.2, -0.15) is 0 Å². The van der Waals surface area contributed by atoms with Crippen molar-refractivity contribution in [1.82, 2.24) is 0 Å². The Morgan fingerprint density at radius 2 is 1.94 bits per heavy atom. The highest BCUT2D eigenvalue weighted by molar-refractivity contribution is 5.61. The van der Waals surface area contributed by atoms with E-state index in [-0.39, 0.29) is 5.54 Å². The number of nitrogens with one attached hydrogen (secondary N) is 1.